The van der Waals surface area contributed by atoms with E-state index in [0.29, 0.717) is 0 Å². The van der Waals surface area contributed by atoms with Crippen LogP contribution in [0.4, 0.5) is 10.2 Å². The highest BCUT2D eigenvalue weighted by Gasteiger charge is 2.37. The van der Waals surface area contributed by atoms with Crippen molar-refractivity contribution in [1.29, 1.82) is 0 Å². The van der Waals surface area contributed by atoms with Crippen LogP contribution < -0.4 is 11.4 Å². The fourth-order valence-electron chi connectivity index (χ4n) is 1.45. The summed E-state index contributed by atoms with van der Waals surface area (Å²) in [6, 6.07) is 0. The summed E-state index contributed by atoms with van der Waals surface area (Å²) in [5, 5.41) is 19.5. The molecule has 0 saturated carbocycles. The first kappa shape index (κ1) is 16.0. The fourth-order valence-corrected chi connectivity index (χ4v) is 2.23. The van der Waals surface area contributed by atoms with Crippen molar-refractivity contribution in [2.75, 3.05) is 24.8 Å². The molecule has 0 aliphatic carbocycles. The highest BCUT2D eigenvalue weighted by atomic mass is 79.9. The average molecular weight is 340 g/mol. The maximum Gasteiger partial charge on any atom is 0.349 e. The van der Waals surface area contributed by atoms with E-state index >= 15 is 0 Å². The van der Waals surface area contributed by atoms with Crippen molar-refractivity contribution in [2.45, 2.75) is 18.2 Å². The molecule has 7 nitrogen and oxygen atoms in total. The van der Waals surface area contributed by atoms with Crippen molar-refractivity contribution in [3.63, 3.8) is 0 Å². The summed E-state index contributed by atoms with van der Waals surface area (Å²) in [5.74, 6) is -1.37. The van der Waals surface area contributed by atoms with Crippen molar-refractivity contribution >= 4 is 21.7 Å². The lowest BCUT2D eigenvalue weighted by Gasteiger charge is -2.33. The van der Waals surface area contributed by atoms with E-state index in [1.165, 1.54) is 7.11 Å². The summed E-state index contributed by atoms with van der Waals surface area (Å²) in [4.78, 5) is 14.8. The van der Waals surface area contributed by atoms with Gasteiger partial charge in [0, 0.05) is 18.6 Å². The molecule has 0 amide bonds. The van der Waals surface area contributed by atoms with Gasteiger partial charge in [-0.1, -0.05) is 15.9 Å². The minimum atomic E-state index is -1.29. The number of aromatic nitrogens is 2. The lowest BCUT2D eigenvalue weighted by Crippen LogP contribution is -2.52. The number of anilines is 1. The van der Waals surface area contributed by atoms with Gasteiger partial charge in [0.15, 0.2) is 11.6 Å². The number of rotatable bonds is 6. The molecule has 0 aliphatic rings. The monoisotopic (exact) mass is 339 g/mol. The van der Waals surface area contributed by atoms with Crippen LogP contribution in [0.2, 0.25) is 0 Å². The molecule has 0 saturated heterocycles. The molecular weight excluding hydrogens is 325 g/mol. The van der Waals surface area contributed by atoms with Crippen LogP contribution in [-0.4, -0.2) is 50.5 Å². The number of nitrogen functional groups attached to an aromatic ring is 1. The molecule has 19 heavy (non-hydrogen) atoms. The second-order valence-corrected chi connectivity index (χ2v) is 4.55. The molecule has 0 bridgehead atoms. The summed E-state index contributed by atoms with van der Waals surface area (Å²) in [5.41, 5.74) is 3.06. The molecule has 2 atom stereocenters. The van der Waals surface area contributed by atoms with Crippen LogP contribution in [0.1, 0.15) is 0 Å². The number of hydrogen-bond acceptors (Lipinski definition) is 6. The number of aliphatic hydroxyl groups is 2. The number of nitrogens with two attached hydrogens (primary N) is 1. The summed E-state index contributed by atoms with van der Waals surface area (Å²) >= 11 is 3.11. The van der Waals surface area contributed by atoms with Gasteiger partial charge in [-0.05, 0) is 0 Å². The zero-order valence-electron chi connectivity index (χ0n) is 10.2. The van der Waals surface area contributed by atoms with E-state index in [0.717, 1.165) is 10.8 Å². The predicted molar refractivity (Wildman–Crippen MR) is 69.5 cm³/mol. The summed E-state index contributed by atoms with van der Waals surface area (Å²) in [7, 11) is 1.31. The van der Waals surface area contributed by atoms with E-state index in [9.17, 15) is 19.4 Å². The van der Waals surface area contributed by atoms with Gasteiger partial charge >= 0.3 is 5.69 Å². The number of nitrogens with zero attached hydrogens (tertiary/aromatic N) is 2. The molecule has 4 N–H and O–H groups in total. The zero-order valence-corrected chi connectivity index (χ0v) is 11.8. The lowest BCUT2D eigenvalue weighted by molar-refractivity contribution is -0.118. The molecular formula is C10H15BrFN3O4. The third kappa shape index (κ3) is 3.30. The molecule has 1 aromatic rings. The van der Waals surface area contributed by atoms with E-state index in [-0.39, 0.29) is 11.9 Å². The number of halogens is 2. The second kappa shape index (κ2) is 6.42. The first-order valence-corrected chi connectivity index (χ1v) is 6.45. The first-order chi connectivity index (χ1) is 8.90. The third-order valence-corrected chi connectivity index (χ3v) is 3.80. The molecule has 0 aromatic carbocycles. The van der Waals surface area contributed by atoms with Crippen LogP contribution >= 0.6 is 15.9 Å². The van der Waals surface area contributed by atoms with Crippen LogP contribution in [0.3, 0.4) is 0 Å². The highest BCUT2D eigenvalue weighted by molar-refractivity contribution is 9.09. The Morgan fingerprint density at radius 3 is 2.84 bits per heavy atom. The number of alkyl halides is 1. The molecule has 0 aliphatic heterocycles. The van der Waals surface area contributed by atoms with Gasteiger partial charge in [0.05, 0.1) is 13.2 Å². The van der Waals surface area contributed by atoms with Crippen molar-refractivity contribution in [3.8, 4) is 0 Å². The van der Waals surface area contributed by atoms with Gasteiger partial charge in [-0.3, -0.25) is 4.57 Å². The smallest absolute Gasteiger partial charge is 0.349 e. The van der Waals surface area contributed by atoms with Gasteiger partial charge < -0.3 is 20.7 Å². The van der Waals surface area contributed by atoms with Crippen LogP contribution in [-0.2, 0) is 11.3 Å². The van der Waals surface area contributed by atoms with E-state index in [2.05, 4.69) is 20.9 Å². The van der Waals surface area contributed by atoms with Crippen molar-refractivity contribution in [3.05, 3.63) is 22.5 Å². The molecule has 0 radical (unpaired) electrons. The Balaban J connectivity index is 3.02. The highest BCUT2D eigenvalue weighted by Crippen LogP contribution is 2.19. The SMILES string of the molecule is CO[C@@](CO)(CBr)[C@@H](O)Cn1cc(F)c(N)nc1=O. The number of methoxy groups -OCH3 is 1. The summed E-state index contributed by atoms with van der Waals surface area (Å²) in [6.07, 6.45) is -0.399. The summed E-state index contributed by atoms with van der Waals surface area (Å²) in [6.45, 7) is -0.765. The van der Waals surface area contributed by atoms with Crippen molar-refractivity contribution in [1.82, 2.24) is 9.55 Å². The second-order valence-electron chi connectivity index (χ2n) is 3.99. The number of hydrogen-bond donors (Lipinski definition) is 3. The molecule has 9 heteroatoms. The van der Waals surface area contributed by atoms with Crippen LogP contribution in [0.15, 0.2) is 11.0 Å². The van der Waals surface area contributed by atoms with Crippen LogP contribution in [0.25, 0.3) is 0 Å². The molecule has 0 fully saturated rings. The van der Waals surface area contributed by atoms with E-state index in [1.807, 2.05) is 0 Å². The molecule has 1 aromatic heterocycles. The Labute approximate surface area is 117 Å². The van der Waals surface area contributed by atoms with E-state index in [4.69, 9.17) is 10.5 Å². The van der Waals surface area contributed by atoms with Gasteiger partial charge in [-0.15, -0.1) is 0 Å². The topological polar surface area (TPSA) is 111 Å². The molecule has 1 heterocycles. The van der Waals surface area contributed by atoms with Gasteiger partial charge in [0.1, 0.15) is 11.7 Å². The number of aliphatic hydroxyl groups excluding tert-OH is 2. The van der Waals surface area contributed by atoms with Crippen molar-refractivity contribution < 1.29 is 19.3 Å². The Bertz CT molecular complexity index is 484. The minimum absolute atomic E-state index is 0.133. The number of ether oxygens (including phenoxy) is 1. The van der Waals surface area contributed by atoms with Gasteiger partial charge in [-0.25, -0.2) is 9.18 Å². The Kier molecular flexibility index (Phi) is 5.41. The van der Waals surface area contributed by atoms with E-state index < -0.39 is 35.6 Å². The third-order valence-electron chi connectivity index (χ3n) is 2.85. The van der Waals surface area contributed by atoms with Gasteiger partial charge in [-0.2, -0.15) is 4.98 Å². The zero-order chi connectivity index (χ0) is 14.6. The quantitative estimate of drug-likeness (QED) is 0.579. The van der Waals surface area contributed by atoms with Gasteiger partial charge in [0.2, 0.25) is 0 Å². The Morgan fingerprint density at radius 1 is 1.74 bits per heavy atom. The maximum absolute atomic E-state index is 13.2. The normalized spacial score (nSPS) is 16.1. The standard InChI is InChI=1S/C10H15BrFN3O4/c1-19-10(4-11,5-16)7(17)3-15-2-6(12)8(13)14-9(15)18/h2,7,16-17H,3-5H2,1H3,(H2,13,14,18)/t7-,10+/m0/s1. The van der Waals surface area contributed by atoms with Crippen molar-refractivity contribution in [2.24, 2.45) is 0 Å². The molecule has 0 spiro atoms. The Morgan fingerprint density at radius 2 is 2.37 bits per heavy atom. The molecule has 1 rings (SSSR count). The van der Waals surface area contributed by atoms with Crippen LogP contribution in [0, 0.1) is 5.82 Å². The fraction of sp³-hybridized carbons (Fsp3) is 0.600. The maximum atomic E-state index is 13.2. The average Bonchev–Trinajstić information content (AvgIpc) is 2.38. The predicted octanol–water partition coefficient (Wildman–Crippen LogP) is -0.902. The lowest BCUT2D eigenvalue weighted by atomic mass is 10.00. The van der Waals surface area contributed by atoms with E-state index in [1.54, 1.807) is 0 Å². The molecule has 108 valence electrons. The largest absolute Gasteiger partial charge is 0.393 e. The summed E-state index contributed by atoms with van der Waals surface area (Å²) < 4.78 is 19.2. The van der Waals surface area contributed by atoms with Gasteiger partial charge in [0.25, 0.3) is 0 Å². The van der Waals surface area contributed by atoms with Crippen LogP contribution in [0.5, 0.6) is 0 Å². The first-order valence-electron chi connectivity index (χ1n) is 5.32. The minimum Gasteiger partial charge on any atom is -0.393 e. The molecule has 0 unspecified atom stereocenters. The Hall–Kier alpha value is -1.03.